The van der Waals surface area contributed by atoms with Crippen molar-refractivity contribution in [2.24, 2.45) is 17.8 Å². The van der Waals surface area contributed by atoms with Gasteiger partial charge in [-0.3, -0.25) is 28.9 Å². The van der Waals surface area contributed by atoms with E-state index in [4.69, 9.17) is 28.7 Å². The molecule has 0 spiro atoms. The molecule has 9 atom stereocenters. The second-order valence-corrected chi connectivity index (χ2v) is 21.9. The predicted molar refractivity (Wildman–Crippen MR) is 304 cm³/mol. The molecule has 0 radical (unpaired) electrons. The Morgan fingerprint density at radius 1 is 0.875 bits per heavy atom. The quantitative estimate of drug-likeness (QED) is 0.0276. The van der Waals surface area contributed by atoms with E-state index in [0.29, 0.717) is 63.2 Å². The number of aliphatic hydroxyl groups is 1. The van der Waals surface area contributed by atoms with Gasteiger partial charge in [0, 0.05) is 70.2 Å². The van der Waals surface area contributed by atoms with Gasteiger partial charge in [-0.2, -0.15) is 0 Å². The Balaban J connectivity index is 1.57. The van der Waals surface area contributed by atoms with Crippen LogP contribution in [0, 0.1) is 17.8 Å². The van der Waals surface area contributed by atoms with Gasteiger partial charge in [-0.25, -0.2) is 14.6 Å². The SMILES string of the molecule is CCCO[C@H](C[C@H](C(C)C)N(CCC)C(=O)[C@@H](NC(=O)[C@H]1CCCCN1C)[C@@H](C)CC)c1nc(C(=O)N[C@@H](Cc2ccc(OC(=O)NCCCCNC(=O)CCNC(=O)OCC(OC)OC(CC)CO)cc2)C[C@H](C)C(=O)O)cs1. The number of benzene rings is 1. The zero-order chi connectivity index (χ0) is 59.1. The lowest BCUT2D eigenvalue weighted by atomic mass is 9.92. The first-order chi connectivity index (χ1) is 38.3. The molecule has 2 heterocycles. The minimum Gasteiger partial charge on any atom is -0.481 e. The molecule has 23 heteroatoms. The number of unbranched alkanes of at least 4 members (excludes halogenated alkanes) is 1. The Kier molecular flexibility index (Phi) is 32.3. The number of likely N-dealkylation sites (tertiary alicyclic amines) is 1. The van der Waals surface area contributed by atoms with Gasteiger partial charge in [0.15, 0.2) is 6.29 Å². The van der Waals surface area contributed by atoms with Crippen molar-refractivity contribution in [3.05, 3.63) is 45.9 Å². The number of alkyl carbamates (subject to hydrolysis) is 1. The maximum Gasteiger partial charge on any atom is 0.412 e. The predicted octanol–water partition coefficient (Wildman–Crippen LogP) is 6.59. The first kappa shape index (κ1) is 68.8. The maximum absolute atomic E-state index is 14.8. The van der Waals surface area contributed by atoms with Crippen LogP contribution in [0.4, 0.5) is 9.59 Å². The molecule has 1 aliphatic heterocycles. The molecule has 1 fully saturated rings. The first-order valence-electron chi connectivity index (χ1n) is 28.7. The normalized spacial score (nSPS) is 16.7. The van der Waals surface area contributed by atoms with Gasteiger partial charge < -0.3 is 65.4 Å². The van der Waals surface area contributed by atoms with E-state index in [-0.39, 0.29) is 98.7 Å². The monoisotopic (exact) mass is 1150 g/mol. The molecular formula is C57H94N8O14S. The lowest BCUT2D eigenvalue weighted by Crippen LogP contribution is -2.58. The number of nitrogens with one attached hydrogen (secondary N) is 5. The van der Waals surface area contributed by atoms with E-state index in [1.807, 2.05) is 46.6 Å². The van der Waals surface area contributed by atoms with Gasteiger partial charge in [0.1, 0.15) is 35.2 Å². The highest BCUT2D eigenvalue weighted by molar-refractivity contribution is 7.09. The summed E-state index contributed by atoms with van der Waals surface area (Å²) in [7, 11) is 3.36. The van der Waals surface area contributed by atoms with E-state index in [9.17, 15) is 43.8 Å². The van der Waals surface area contributed by atoms with Crippen LogP contribution in [-0.2, 0) is 44.5 Å². The van der Waals surface area contributed by atoms with Crippen molar-refractivity contribution >= 4 is 53.1 Å². The van der Waals surface area contributed by atoms with E-state index in [1.165, 1.54) is 18.4 Å². The highest BCUT2D eigenvalue weighted by Crippen LogP contribution is 2.32. The molecule has 1 aliphatic rings. The van der Waals surface area contributed by atoms with Crippen molar-refractivity contribution in [1.82, 2.24) is 41.4 Å². The second-order valence-electron chi connectivity index (χ2n) is 21.0. The van der Waals surface area contributed by atoms with Crippen molar-refractivity contribution < 1.29 is 67.5 Å². The number of hydrogen-bond donors (Lipinski definition) is 7. The summed E-state index contributed by atoms with van der Waals surface area (Å²) in [5.41, 5.74) is 0.922. The number of carboxylic acids is 1. The van der Waals surface area contributed by atoms with Gasteiger partial charge in [0.2, 0.25) is 17.7 Å². The van der Waals surface area contributed by atoms with Gasteiger partial charge in [-0.05, 0) is 101 Å². The number of nitrogens with zero attached hydrogens (tertiary/aromatic N) is 3. The van der Waals surface area contributed by atoms with E-state index in [2.05, 4.69) is 45.3 Å². The first-order valence-corrected chi connectivity index (χ1v) is 29.6. The van der Waals surface area contributed by atoms with Gasteiger partial charge in [0.05, 0.1) is 24.7 Å². The molecule has 1 saturated heterocycles. The Morgan fingerprint density at radius 2 is 1.57 bits per heavy atom. The number of ether oxygens (including phenoxy) is 5. The third kappa shape index (κ3) is 24.3. The molecule has 0 saturated carbocycles. The highest BCUT2D eigenvalue weighted by Gasteiger charge is 2.38. The van der Waals surface area contributed by atoms with Crippen molar-refractivity contribution in [3.8, 4) is 5.75 Å². The summed E-state index contributed by atoms with van der Waals surface area (Å²) < 4.78 is 27.6. The molecule has 0 aliphatic carbocycles. The molecule has 2 unspecified atom stereocenters. The van der Waals surface area contributed by atoms with Gasteiger partial charge in [-0.15, -0.1) is 11.3 Å². The van der Waals surface area contributed by atoms with E-state index in [1.54, 1.807) is 36.6 Å². The van der Waals surface area contributed by atoms with Crippen molar-refractivity contribution in [1.29, 1.82) is 0 Å². The topological polar surface area (TPSA) is 286 Å². The number of aliphatic carboxylic acids is 1. The summed E-state index contributed by atoms with van der Waals surface area (Å²) in [6, 6.07) is 4.85. The molecule has 22 nitrogen and oxygen atoms in total. The van der Waals surface area contributed by atoms with E-state index >= 15 is 0 Å². The number of carbonyl (C=O) groups excluding carboxylic acids is 6. The highest BCUT2D eigenvalue weighted by atomic mass is 32.1. The minimum absolute atomic E-state index is 0.0133. The van der Waals surface area contributed by atoms with Gasteiger partial charge in [0.25, 0.3) is 5.91 Å². The summed E-state index contributed by atoms with van der Waals surface area (Å²) >= 11 is 1.29. The average Bonchev–Trinajstić information content (AvgIpc) is 3.95. The van der Waals surface area contributed by atoms with Crippen molar-refractivity contribution in [2.75, 3.05) is 66.7 Å². The van der Waals surface area contributed by atoms with Crippen LogP contribution in [0.5, 0.6) is 5.75 Å². The molecular weight excluding hydrogens is 1050 g/mol. The third-order valence-corrected chi connectivity index (χ3v) is 15.2. The average molecular weight is 1150 g/mol. The summed E-state index contributed by atoms with van der Waals surface area (Å²) in [6.45, 7) is 17.7. The number of aliphatic hydroxyl groups excluding tert-OH is 1. The fourth-order valence-electron chi connectivity index (χ4n) is 9.19. The number of thiazole rings is 1. The number of piperidine rings is 1. The lowest BCUT2D eigenvalue weighted by molar-refractivity contribution is -0.181. The summed E-state index contributed by atoms with van der Waals surface area (Å²) in [5, 5.41) is 35.5. The van der Waals surface area contributed by atoms with Crippen LogP contribution in [0.3, 0.4) is 0 Å². The fraction of sp³-hybridized carbons (Fsp3) is 0.719. The molecule has 1 aromatic carbocycles. The Morgan fingerprint density at radius 3 is 2.19 bits per heavy atom. The molecule has 1 aromatic heterocycles. The van der Waals surface area contributed by atoms with Crippen LogP contribution in [0.25, 0.3) is 0 Å². The largest absolute Gasteiger partial charge is 0.481 e. The molecule has 2 aromatic rings. The molecule has 7 N–H and O–H groups in total. The Bertz CT molecular complexity index is 2180. The van der Waals surface area contributed by atoms with Crippen LogP contribution < -0.4 is 31.3 Å². The molecule has 452 valence electrons. The van der Waals surface area contributed by atoms with Crippen molar-refractivity contribution in [2.45, 2.75) is 182 Å². The van der Waals surface area contributed by atoms with Gasteiger partial charge >= 0.3 is 18.2 Å². The smallest absolute Gasteiger partial charge is 0.412 e. The fourth-order valence-corrected chi connectivity index (χ4v) is 10.1. The van der Waals surface area contributed by atoms with Crippen LogP contribution in [0.15, 0.2) is 29.6 Å². The minimum atomic E-state index is -1.00. The zero-order valence-electron chi connectivity index (χ0n) is 49.1. The second kappa shape index (κ2) is 37.5. The van der Waals surface area contributed by atoms with E-state index < -0.39 is 60.6 Å². The number of carbonyl (C=O) groups is 7. The Hall–Kier alpha value is -5.46. The van der Waals surface area contributed by atoms with Crippen LogP contribution in [0.1, 0.15) is 160 Å². The lowest BCUT2D eigenvalue weighted by Gasteiger charge is -2.40. The maximum atomic E-state index is 14.8. The number of amides is 6. The summed E-state index contributed by atoms with van der Waals surface area (Å²) in [6.07, 6.45) is 4.19. The summed E-state index contributed by atoms with van der Waals surface area (Å²) in [4.78, 5) is 100. The van der Waals surface area contributed by atoms with E-state index in [0.717, 1.165) is 37.8 Å². The van der Waals surface area contributed by atoms with Gasteiger partial charge in [-0.1, -0.05) is 80.4 Å². The zero-order valence-corrected chi connectivity index (χ0v) is 49.9. The summed E-state index contributed by atoms with van der Waals surface area (Å²) in [5.74, 6) is -2.57. The Labute approximate surface area is 477 Å². The third-order valence-electron chi connectivity index (χ3n) is 14.2. The number of aromatic nitrogens is 1. The molecule has 3 rings (SSSR count). The van der Waals surface area contributed by atoms with Crippen LogP contribution in [0.2, 0.25) is 0 Å². The number of likely N-dealkylation sites (N-methyl/N-ethyl adjacent to an activating group) is 1. The number of carboxylic acid groups (broad SMARTS) is 1. The molecule has 0 bridgehead atoms. The number of rotatable bonds is 38. The van der Waals surface area contributed by atoms with Crippen molar-refractivity contribution in [3.63, 3.8) is 0 Å². The number of hydrogen-bond acceptors (Lipinski definition) is 16. The van der Waals surface area contributed by atoms with Crippen LogP contribution in [-0.4, -0.2) is 170 Å². The molecule has 80 heavy (non-hydrogen) atoms. The number of methoxy groups -OCH3 is 1. The standard InChI is InChI=1S/C57H94N8O14S/c1-11-28-65(54(70)50(38(7)13-3)63-52(69)45-19-15-18-29-64(45)9)46(37(5)6)33-47(76-30-12-2)53-62-44(36-80-53)51(68)61-41(31-39(8)55(71)72)32-40-20-22-43(23-21-40)79-57(74)59-26-17-16-25-58-48(67)24-27-60-56(73)77-35-49(75-10)78-42(14-4)34-66/h20-23,36-39,41-42,45-47,49-50,66H,11-19,24-35H2,1-10H3,(H,58,67)(H,59,74)(H,60,73)(H,61,68)(H,63,69)(H,71,72)/t38-,39-,41+,42?,45+,46+,47+,49?,50-/m0/s1. The van der Waals surface area contributed by atoms with Crippen LogP contribution >= 0.6 is 11.3 Å². The molecule has 6 amide bonds.